The highest BCUT2D eigenvalue weighted by atomic mass is 16.5. The van der Waals surface area contributed by atoms with Gasteiger partial charge < -0.3 is 9.47 Å². The SMILES string of the molecule is CCc1c(C)nc2n(c1=O)CN(CCOC)CN2c1ccc(Oc2ccccc2)cc1. The molecule has 0 fully saturated rings. The second kappa shape index (κ2) is 9.32. The van der Waals surface area contributed by atoms with Crippen LogP contribution in [0.25, 0.3) is 0 Å². The molecule has 31 heavy (non-hydrogen) atoms. The minimum atomic E-state index is 0.0288. The Kier molecular flexibility index (Phi) is 6.34. The summed E-state index contributed by atoms with van der Waals surface area (Å²) >= 11 is 0. The lowest BCUT2D eigenvalue weighted by Gasteiger charge is -2.38. The van der Waals surface area contributed by atoms with Gasteiger partial charge >= 0.3 is 0 Å². The molecule has 7 heteroatoms. The number of rotatable bonds is 7. The highest BCUT2D eigenvalue weighted by Gasteiger charge is 2.27. The van der Waals surface area contributed by atoms with Crippen molar-refractivity contribution in [2.75, 3.05) is 31.8 Å². The van der Waals surface area contributed by atoms with Crippen LogP contribution in [0.3, 0.4) is 0 Å². The molecular formula is C24H28N4O3. The van der Waals surface area contributed by atoms with Crippen LogP contribution in [-0.4, -0.2) is 41.4 Å². The molecule has 2 aromatic carbocycles. The molecule has 2 heterocycles. The summed E-state index contributed by atoms with van der Waals surface area (Å²) in [6.07, 6.45) is 0.668. The summed E-state index contributed by atoms with van der Waals surface area (Å²) in [4.78, 5) is 22.2. The second-order valence-electron chi connectivity index (χ2n) is 7.57. The fourth-order valence-corrected chi connectivity index (χ4v) is 3.81. The van der Waals surface area contributed by atoms with Gasteiger partial charge in [-0.15, -0.1) is 0 Å². The topological polar surface area (TPSA) is 59.8 Å². The van der Waals surface area contributed by atoms with Crippen LogP contribution in [0, 0.1) is 6.92 Å². The van der Waals surface area contributed by atoms with Gasteiger partial charge in [0.05, 0.1) is 19.9 Å². The number of hydrogen-bond acceptors (Lipinski definition) is 6. The first-order chi connectivity index (χ1) is 15.1. The van der Waals surface area contributed by atoms with Crippen LogP contribution in [-0.2, 0) is 17.8 Å². The van der Waals surface area contributed by atoms with E-state index in [0.717, 1.165) is 35.0 Å². The van der Waals surface area contributed by atoms with Crippen LogP contribution in [0.4, 0.5) is 11.6 Å². The number of benzene rings is 2. The molecule has 0 radical (unpaired) electrons. The van der Waals surface area contributed by atoms with Gasteiger partial charge in [-0.3, -0.25) is 19.2 Å². The smallest absolute Gasteiger partial charge is 0.259 e. The number of methoxy groups -OCH3 is 1. The normalized spacial score (nSPS) is 13.8. The molecule has 0 unspecified atom stereocenters. The van der Waals surface area contributed by atoms with Gasteiger partial charge in [0.15, 0.2) is 0 Å². The third-order valence-electron chi connectivity index (χ3n) is 5.47. The minimum Gasteiger partial charge on any atom is -0.457 e. The standard InChI is InChI=1S/C24H28N4O3/c1-4-22-18(2)25-24-27(16-26(14-15-30-3)17-28(24)23(22)29)19-10-12-21(13-11-19)31-20-8-6-5-7-9-20/h5-13H,4,14-17H2,1-3H3. The van der Waals surface area contributed by atoms with E-state index < -0.39 is 0 Å². The average molecular weight is 421 g/mol. The molecule has 1 aliphatic heterocycles. The molecule has 1 aromatic heterocycles. The minimum absolute atomic E-state index is 0.0288. The van der Waals surface area contributed by atoms with E-state index in [-0.39, 0.29) is 5.56 Å². The Hall–Kier alpha value is -3.16. The Morgan fingerprint density at radius 2 is 1.71 bits per heavy atom. The quantitative estimate of drug-likeness (QED) is 0.577. The number of ether oxygens (including phenoxy) is 2. The zero-order valence-corrected chi connectivity index (χ0v) is 18.2. The van der Waals surface area contributed by atoms with Crippen molar-refractivity contribution < 1.29 is 9.47 Å². The molecule has 0 aliphatic carbocycles. The van der Waals surface area contributed by atoms with Crippen molar-refractivity contribution in [3.63, 3.8) is 0 Å². The second-order valence-corrected chi connectivity index (χ2v) is 7.57. The molecule has 3 aromatic rings. The molecule has 7 nitrogen and oxygen atoms in total. The Bertz CT molecular complexity index is 1080. The molecule has 0 atom stereocenters. The van der Waals surface area contributed by atoms with Gasteiger partial charge in [0.1, 0.15) is 11.5 Å². The zero-order valence-electron chi connectivity index (χ0n) is 18.2. The van der Waals surface area contributed by atoms with Crippen molar-refractivity contribution in [2.45, 2.75) is 26.9 Å². The molecule has 0 bridgehead atoms. The molecule has 4 rings (SSSR count). The van der Waals surface area contributed by atoms with Gasteiger partial charge in [0.25, 0.3) is 5.56 Å². The molecule has 0 saturated heterocycles. The van der Waals surface area contributed by atoms with E-state index in [0.29, 0.717) is 32.3 Å². The first-order valence-electron chi connectivity index (χ1n) is 10.5. The van der Waals surface area contributed by atoms with E-state index in [1.54, 1.807) is 11.7 Å². The predicted octanol–water partition coefficient (Wildman–Crippen LogP) is 3.92. The molecule has 0 saturated carbocycles. The van der Waals surface area contributed by atoms with E-state index in [9.17, 15) is 4.79 Å². The van der Waals surface area contributed by atoms with Crippen molar-refractivity contribution in [1.82, 2.24) is 14.5 Å². The van der Waals surface area contributed by atoms with Crippen molar-refractivity contribution in [3.8, 4) is 11.5 Å². The van der Waals surface area contributed by atoms with Crippen LogP contribution in [0.15, 0.2) is 59.4 Å². The van der Waals surface area contributed by atoms with Crippen molar-refractivity contribution in [2.24, 2.45) is 0 Å². The average Bonchev–Trinajstić information content (AvgIpc) is 2.79. The van der Waals surface area contributed by atoms with E-state index in [1.807, 2.05) is 68.4 Å². The number of hydrogen-bond donors (Lipinski definition) is 0. The maximum atomic E-state index is 13.1. The Morgan fingerprint density at radius 1 is 1.00 bits per heavy atom. The lowest BCUT2D eigenvalue weighted by molar-refractivity contribution is 0.121. The Morgan fingerprint density at radius 3 is 2.39 bits per heavy atom. The van der Waals surface area contributed by atoms with Crippen LogP contribution in [0.5, 0.6) is 11.5 Å². The molecule has 0 N–H and O–H groups in total. The largest absolute Gasteiger partial charge is 0.457 e. The maximum absolute atomic E-state index is 13.1. The van der Waals surface area contributed by atoms with Gasteiger partial charge in [-0.1, -0.05) is 25.1 Å². The lowest BCUT2D eigenvalue weighted by Crippen LogP contribution is -2.48. The number of aryl methyl sites for hydroxylation is 1. The van der Waals surface area contributed by atoms with Gasteiger partial charge in [-0.25, -0.2) is 4.98 Å². The molecule has 0 amide bonds. The highest BCUT2D eigenvalue weighted by Crippen LogP contribution is 2.30. The van der Waals surface area contributed by atoms with Gasteiger partial charge in [0.2, 0.25) is 5.95 Å². The zero-order chi connectivity index (χ0) is 21.8. The summed E-state index contributed by atoms with van der Waals surface area (Å²) in [6.45, 7) is 6.36. The van der Waals surface area contributed by atoms with E-state index in [2.05, 4.69) is 9.80 Å². The fourth-order valence-electron chi connectivity index (χ4n) is 3.81. The van der Waals surface area contributed by atoms with E-state index >= 15 is 0 Å². The number of aromatic nitrogens is 2. The van der Waals surface area contributed by atoms with Gasteiger partial charge in [0, 0.05) is 30.6 Å². The first kappa shape index (κ1) is 21.1. The fraction of sp³-hybridized carbons (Fsp3) is 0.333. The number of anilines is 2. The van der Waals surface area contributed by atoms with Crippen LogP contribution >= 0.6 is 0 Å². The summed E-state index contributed by atoms with van der Waals surface area (Å²) < 4.78 is 12.9. The lowest BCUT2D eigenvalue weighted by atomic mass is 10.2. The molecule has 162 valence electrons. The Balaban J connectivity index is 1.67. The van der Waals surface area contributed by atoms with Crippen LogP contribution in [0.1, 0.15) is 18.2 Å². The first-order valence-corrected chi connectivity index (χ1v) is 10.5. The van der Waals surface area contributed by atoms with Crippen molar-refractivity contribution in [1.29, 1.82) is 0 Å². The van der Waals surface area contributed by atoms with E-state index in [1.165, 1.54) is 0 Å². The monoisotopic (exact) mass is 420 g/mol. The number of nitrogens with zero attached hydrogens (tertiary/aromatic N) is 4. The summed E-state index contributed by atoms with van der Waals surface area (Å²) in [7, 11) is 1.69. The van der Waals surface area contributed by atoms with Crippen molar-refractivity contribution in [3.05, 3.63) is 76.2 Å². The van der Waals surface area contributed by atoms with Crippen LogP contribution in [0.2, 0.25) is 0 Å². The number of fused-ring (bicyclic) bond motifs is 1. The van der Waals surface area contributed by atoms with Crippen LogP contribution < -0.4 is 15.2 Å². The summed E-state index contributed by atoms with van der Waals surface area (Å²) in [5, 5.41) is 0. The van der Waals surface area contributed by atoms with Gasteiger partial charge in [-0.2, -0.15) is 0 Å². The summed E-state index contributed by atoms with van der Waals surface area (Å²) in [5.41, 5.74) is 2.54. The van der Waals surface area contributed by atoms with Gasteiger partial charge in [-0.05, 0) is 49.7 Å². The molecular weight excluding hydrogens is 392 g/mol. The number of para-hydroxylation sites is 1. The summed E-state index contributed by atoms with van der Waals surface area (Å²) in [5.74, 6) is 2.22. The summed E-state index contributed by atoms with van der Waals surface area (Å²) in [6, 6.07) is 17.6. The molecule has 1 aliphatic rings. The highest BCUT2D eigenvalue weighted by molar-refractivity contribution is 5.59. The third kappa shape index (κ3) is 4.47. The predicted molar refractivity (Wildman–Crippen MR) is 121 cm³/mol. The maximum Gasteiger partial charge on any atom is 0.259 e. The third-order valence-corrected chi connectivity index (χ3v) is 5.47. The molecule has 0 spiro atoms. The van der Waals surface area contributed by atoms with E-state index in [4.69, 9.17) is 14.5 Å². The van der Waals surface area contributed by atoms with Crippen molar-refractivity contribution >= 4 is 11.6 Å². The Labute approximate surface area is 182 Å².